The summed E-state index contributed by atoms with van der Waals surface area (Å²) in [6.45, 7) is 8.08. The highest BCUT2D eigenvalue weighted by atomic mass is 16.2. The van der Waals surface area contributed by atoms with E-state index in [4.69, 9.17) is 0 Å². The number of benzene rings is 1. The van der Waals surface area contributed by atoms with E-state index in [2.05, 4.69) is 39.1 Å². The van der Waals surface area contributed by atoms with Crippen molar-refractivity contribution in [3.63, 3.8) is 0 Å². The van der Waals surface area contributed by atoms with Crippen LogP contribution in [0.25, 0.3) is 0 Å². The van der Waals surface area contributed by atoms with Crippen LogP contribution in [-0.4, -0.2) is 61.2 Å². The Hall–Kier alpha value is -3.46. The van der Waals surface area contributed by atoms with Gasteiger partial charge in [-0.15, -0.1) is 0 Å². The van der Waals surface area contributed by atoms with Crippen LogP contribution >= 0.6 is 0 Å². The molecular formula is C26H37N7O2. The molecule has 3 N–H and O–H groups in total. The number of aromatic amines is 2. The molecule has 0 unspecified atom stereocenters. The van der Waals surface area contributed by atoms with Crippen molar-refractivity contribution < 1.29 is 9.59 Å². The van der Waals surface area contributed by atoms with Gasteiger partial charge in [-0.25, -0.2) is 9.97 Å². The number of imidazole rings is 2. The van der Waals surface area contributed by atoms with Crippen molar-refractivity contribution in [2.75, 3.05) is 19.6 Å². The van der Waals surface area contributed by atoms with E-state index in [1.807, 2.05) is 29.2 Å². The summed E-state index contributed by atoms with van der Waals surface area (Å²) in [5.74, 6) is 1.60. The first-order chi connectivity index (χ1) is 17.1. The van der Waals surface area contributed by atoms with Gasteiger partial charge in [0.2, 0.25) is 5.91 Å². The Morgan fingerprint density at radius 3 is 2.00 bits per heavy atom. The molecule has 2 heterocycles. The summed E-state index contributed by atoms with van der Waals surface area (Å²) >= 11 is 0. The van der Waals surface area contributed by atoms with Gasteiger partial charge in [-0.3, -0.25) is 9.59 Å². The van der Waals surface area contributed by atoms with Gasteiger partial charge in [0, 0.05) is 56.4 Å². The van der Waals surface area contributed by atoms with E-state index in [1.165, 1.54) is 0 Å². The Bertz CT molecular complexity index is 959. The van der Waals surface area contributed by atoms with Crippen molar-refractivity contribution in [3.05, 3.63) is 71.8 Å². The zero-order valence-corrected chi connectivity index (χ0v) is 20.8. The third-order valence-corrected chi connectivity index (χ3v) is 5.69. The lowest BCUT2D eigenvalue weighted by atomic mass is 10.1. The number of carbonyl (C=O) groups is 2. The molecule has 2 amide bonds. The monoisotopic (exact) mass is 479 g/mol. The lowest BCUT2D eigenvalue weighted by Crippen LogP contribution is -2.32. The largest absolute Gasteiger partial charge is 0.347 e. The minimum absolute atomic E-state index is 0.0838. The molecule has 9 nitrogen and oxygen atoms in total. The van der Waals surface area contributed by atoms with Crippen LogP contribution in [0.3, 0.4) is 0 Å². The fourth-order valence-corrected chi connectivity index (χ4v) is 3.93. The maximum atomic E-state index is 13.2. The van der Waals surface area contributed by atoms with Crippen LogP contribution in [0.4, 0.5) is 0 Å². The zero-order chi connectivity index (χ0) is 24.9. The SMILES string of the molecule is CCCN(CCC)C(=O)CCCNCc1ccc(C(=O)N(Cc2ncc[nH]2)Cc2ncc[nH]2)cc1. The van der Waals surface area contributed by atoms with Crippen LogP contribution in [-0.2, 0) is 24.4 Å². The van der Waals surface area contributed by atoms with Gasteiger partial charge in [0.15, 0.2) is 0 Å². The first kappa shape index (κ1) is 26.2. The Morgan fingerprint density at radius 1 is 0.886 bits per heavy atom. The van der Waals surface area contributed by atoms with Gasteiger partial charge in [0.1, 0.15) is 11.6 Å². The van der Waals surface area contributed by atoms with Crippen molar-refractivity contribution in [2.24, 2.45) is 0 Å². The van der Waals surface area contributed by atoms with Gasteiger partial charge in [-0.05, 0) is 43.5 Å². The van der Waals surface area contributed by atoms with Crippen molar-refractivity contribution in [1.29, 1.82) is 0 Å². The lowest BCUT2D eigenvalue weighted by molar-refractivity contribution is -0.131. The summed E-state index contributed by atoms with van der Waals surface area (Å²) in [7, 11) is 0. The van der Waals surface area contributed by atoms with Gasteiger partial charge in [0.25, 0.3) is 5.91 Å². The summed E-state index contributed by atoms with van der Waals surface area (Å²) < 4.78 is 0. The third kappa shape index (κ3) is 8.36. The van der Waals surface area contributed by atoms with Crippen LogP contribution < -0.4 is 5.32 Å². The molecule has 0 saturated carbocycles. The molecule has 0 fully saturated rings. The van der Waals surface area contributed by atoms with Crippen LogP contribution in [0, 0.1) is 0 Å². The molecule has 0 spiro atoms. The number of nitrogens with one attached hydrogen (secondary N) is 3. The van der Waals surface area contributed by atoms with Crippen molar-refractivity contribution in [2.45, 2.75) is 59.2 Å². The average molecular weight is 480 g/mol. The number of aromatic nitrogens is 4. The molecule has 35 heavy (non-hydrogen) atoms. The highest BCUT2D eigenvalue weighted by molar-refractivity contribution is 5.94. The Kier molecular flexibility index (Phi) is 10.5. The summed E-state index contributed by atoms with van der Waals surface area (Å²) in [5.41, 5.74) is 1.71. The van der Waals surface area contributed by atoms with E-state index in [-0.39, 0.29) is 11.8 Å². The normalized spacial score (nSPS) is 10.9. The van der Waals surface area contributed by atoms with Crippen molar-refractivity contribution in [3.8, 4) is 0 Å². The molecule has 0 aliphatic carbocycles. The highest BCUT2D eigenvalue weighted by Crippen LogP contribution is 2.13. The van der Waals surface area contributed by atoms with Gasteiger partial charge < -0.3 is 25.1 Å². The van der Waals surface area contributed by atoms with E-state index in [9.17, 15) is 9.59 Å². The molecule has 0 saturated heterocycles. The minimum Gasteiger partial charge on any atom is -0.347 e. The number of hydrogen-bond donors (Lipinski definition) is 3. The first-order valence-electron chi connectivity index (χ1n) is 12.4. The quantitative estimate of drug-likeness (QED) is 0.289. The number of carbonyl (C=O) groups excluding carboxylic acids is 2. The van der Waals surface area contributed by atoms with Crippen LogP contribution in [0.1, 0.15) is 67.1 Å². The molecule has 3 rings (SSSR count). The highest BCUT2D eigenvalue weighted by Gasteiger charge is 2.19. The van der Waals surface area contributed by atoms with E-state index in [0.717, 1.165) is 56.1 Å². The molecule has 3 aromatic rings. The second-order valence-corrected chi connectivity index (χ2v) is 8.59. The Balaban J connectivity index is 1.48. The Labute approximate surface area is 207 Å². The van der Waals surface area contributed by atoms with Crippen molar-refractivity contribution in [1.82, 2.24) is 35.1 Å². The summed E-state index contributed by atoms with van der Waals surface area (Å²) in [6, 6.07) is 7.64. The minimum atomic E-state index is -0.0838. The standard InChI is InChI=1S/C26H37N7O2/c1-3-16-32(17-4-2)25(34)6-5-11-27-18-21-7-9-22(10-8-21)26(35)33(19-23-28-12-13-29-23)20-24-30-14-15-31-24/h7-10,12-15,27H,3-6,11,16-20H2,1-2H3,(H,28,29)(H,30,31). The second kappa shape index (κ2) is 14.1. The smallest absolute Gasteiger partial charge is 0.254 e. The maximum Gasteiger partial charge on any atom is 0.254 e. The van der Waals surface area contributed by atoms with E-state index < -0.39 is 0 Å². The topological polar surface area (TPSA) is 110 Å². The van der Waals surface area contributed by atoms with Crippen LogP contribution in [0.5, 0.6) is 0 Å². The van der Waals surface area contributed by atoms with E-state index in [0.29, 0.717) is 31.6 Å². The molecule has 0 aliphatic heterocycles. The predicted octanol–water partition coefficient (Wildman–Crippen LogP) is 3.49. The molecule has 188 valence electrons. The van der Waals surface area contributed by atoms with E-state index >= 15 is 0 Å². The number of nitrogens with zero attached hydrogens (tertiary/aromatic N) is 4. The molecular weight excluding hydrogens is 442 g/mol. The summed E-state index contributed by atoms with van der Waals surface area (Å²) in [4.78, 5) is 43.9. The molecule has 0 atom stereocenters. The number of hydrogen-bond acceptors (Lipinski definition) is 5. The molecule has 2 aromatic heterocycles. The Morgan fingerprint density at radius 2 is 1.49 bits per heavy atom. The van der Waals surface area contributed by atoms with E-state index in [1.54, 1.807) is 29.7 Å². The van der Waals surface area contributed by atoms with Crippen LogP contribution in [0.2, 0.25) is 0 Å². The summed E-state index contributed by atoms with van der Waals surface area (Å²) in [5, 5.41) is 3.40. The lowest BCUT2D eigenvalue weighted by Gasteiger charge is -2.21. The molecule has 0 bridgehead atoms. The average Bonchev–Trinajstić information content (AvgIpc) is 3.58. The van der Waals surface area contributed by atoms with Gasteiger partial charge >= 0.3 is 0 Å². The van der Waals surface area contributed by atoms with Crippen LogP contribution in [0.15, 0.2) is 49.1 Å². The molecule has 1 aromatic carbocycles. The van der Waals surface area contributed by atoms with Gasteiger partial charge in [-0.1, -0.05) is 26.0 Å². The molecule has 0 radical (unpaired) electrons. The molecule has 0 aliphatic rings. The van der Waals surface area contributed by atoms with Crippen molar-refractivity contribution >= 4 is 11.8 Å². The first-order valence-corrected chi connectivity index (χ1v) is 12.4. The van der Waals surface area contributed by atoms with Gasteiger partial charge in [0.05, 0.1) is 13.1 Å². The predicted molar refractivity (Wildman–Crippen MR) is 135 cm³/mol. The zero-order valence-electron chi connectivity index (χ0n) is 20.8. The summed E-state index contributed by atoms with van der Waals surface area (Å²) in [6.07, 6.45) is 10.2. The number of amides is 2. The maximum absolute atomic E-state index is 13.2. The fraction of sp³-hybridized carbons (Fsp3) is 0.462. The fourth-order valence-electron chi connectivity index (χ4n) is 3.93. The number of H-pyrrole nitrogens is 2. The van der Waals surface area contributed by atoms with Gasteiger partial charge in [-0.2, -0.15) is 0 Å². The second-order valence-electron chi connectivity index (χ2n) is 8.59. The molecule has 9 heteroatoms. The third-order valence-electron chi connectivity index (χ3n) is 5.69. The number of rotatable bonds is 15.